The third-order valence-corrected chi connectivity index (χ3v) is 1.82. The average Bonchev–Trinajstić information content (AvgIpc) is 2.29. The molecule has 0 unspecified atom stereocenters. The minimum absolute atomic E-state index is 0.0795. The first kappa shape index (κ1) is 14.1. The van der Waals surface area contributed by atoms with Crippen molar-refractivity contribution in [1.82, 2.24) is 0 Å². The van der Waals surface area contributed by atoms with Crippen LogP contribution in [0.5, 0.6) is 17.2 Å². The second-order valence-corrected chi connectivity index (χ2v) is 2.93. The first-order valence-electron chi connectivity index (χ1n) is 4.54. The molecule has 100 valence electrons. The van der Waals surface area contributed by atoms with Gasteiger partial charge >= 0.3 is 13.2 Å². The quantitative estimate of drug-likeness (QED) is 0.587. The zero-order valence-electron chi connectivity index (χ0n) is 9.03. The van der Waals surface area contributed by atoms with Crippen LogP contribution in [0.25, 0.3) is 0 Å². The summed E-state index contributed by atoms with van der Waals surface area (Å²) in [7, 11) is 1.11. The van der Waals surface area contributed by atoms with E-state index in [2.05, 4.69) is 14.2 Å². The number of halogens is 4. The highest BCUT2D eigenvalue weighted by atomic mass is 19.3. The summed E-state index contributed by atoms with van der Waals surface area (Å²) in [4.78, 5) is 10.6. The number of carbonyl (C=O) groups excluding carboxylic acids is 1. The Morgan fingerprint density at radius 1 is 1.06 bits per heavy atom. The van der Waals surface area contributed by atoms with E-state index in [1.165, 1.54) is 0 Å². The van der Waals surface area contributed by atoms with E-state index in [-0.39, 0.29) is 11.3 Å². The Morgan fingerprint density at radius 2 is 1.61 bits per heavy atom. The highest BCUT2D eigenvalue weighted by Gasteiger charge is 2.20. The summed E-state index contributed by atoms with van der Waals surface area (Å²) in [6.07, 6.45) is 0.326. The molecule has 8 heteroatoms. The molecule has 4 nitrogen and oxygen atoms in total. The molecule has 0 aliphatic carbocycles. The Kier molecular flexibility index (Phi) is 4.75. The van der Waals surface area contributed by atoms with Crippen LogP contribution in [0.3, 0.4) is 0 Å². The summed E-state index contributed by atoms with van der Waals surface area (Å²) in [6.45, 7) is -6.50. The molecule has 0 fully saturated rings. The van der Waals surface area contributed by atoms with E-state index in [9.17, 15) is 22.4 Å². The van der Waals surface area contributed by atoms with Crippen LogP contribution in [0.15, 0.2) is 12.1 Å². The normalized spacial score (nSPS) is 10.6. The van der Waals surface area contributed by atoms with Crippen molar-refractivity contribution in [3.8, 4) is 17.2 Å². The molecule has 0 radical (unpaired) electrons. The largest absolute Gasteiger partial charge is 0.493 e. The fraction of sp³-hybridized carbons (Fsp3) is 0.300. The maximum atomic E-state index is 12.1. The third kappa shape index (κ3) is 3.51. The van der Waals surface area contributed by atoms with Gasteiger partial charge in [-0.1, -0.05) is 0 Å². The van der Waals surface area contributed by atoms with Gasteiger partial charge in [0.05, 0.1) is 7.11 Å². The van der Waals surface area contributed by atoms with E-state index in [0.29, 0.717) is 6.29 Å². The Balaban J connectivity index is 3.26. The van der Waals surface area contributed by atoms with Crippen LogP contribution in [-0.2, 0) is 0 Å². The molecule has 1 aromatic rings. The molecule has 0 bridgehead atoms. The molecule has 1 rings (SSSR count). The van der Waals surface area contributed by atoms with Gasteiger partial charge in [-0.15, -0.1) is 0 Å². The predicted molar refractivity (Wildman–Crippen MR) is 51.6 cm³/mol. The second kappa shape index (κ2) is 6.08. The van der Waals surface area contributed by atoms with Crippen molar-refractivity contribution in [2.75, 3.05) is 7.11 Å². The lowest BCUT2D eigenvalue weighted by molar-refractivity contribution is -0.0702. The van der Waals surface area contributed by atoms with Crippen molar-refractivity contribution < 1.29 is 36.6 Å². The van der Waals surface area contributed by atoms with E-state index < -0.39 is 24.7 Å². The molecule has 1 aromatic carbocycles. The summed E-state index contributed by atoms with van der Waals surface area (Å²) < 4.78 is 61.2. The van der Waals surface area contributed by atoms with Crippen molar-refractivity contribution in [3.63, 3.8) is 0 Å². The van der Waals surface area contributed by atoms with E-state index in [1.54, 1.807) is 0 Å². The molecule has 0 atom stereocenters. The minimum atomic E-state index is -3.25. The highest BCUT2D eigenvalue weighted by molar-refractivity contribution is 5.78. The zero-order valence-corrected chi connectivity index (χ0v) is 9.03. The molecule has 0 saturated heterocycles. The van der Waals surface area contributed by atoms with Crippen LogP contribution in [0.1, 0.15) is 10.4 Å². The lowest BCUT2D eigenvalue weighted by atomic mass is 10.2. The van der Waals surface area contributed by atoms with E-state index >= 15 is 0 Å². The lowest BCUT2D eigenvalue weighted by Crippen LogP contribution is -2.09. The lowest BCUT2D eigenvalue weighted by Gasteiger charge is -2.15. The van der Waals surface area contributed by atoms with Crippen molar-refractivity contribution in [3.05, 3.63) is 17.7 Å². The predicted octanol–water partition coefficient (Wildman–Crippen LogP) is 2.71. The van der Waals surface area contributed by atoms with Crippen LogP contribution in [0.2, 0.25) is 0 Å². The zero-order chi connectivity index (χ0) is 13.7. The van der Waals surface area contributed by atoms with Crippen LogP contribution in [-0.4, -0.2) is 26.6 Å². The molecule has 0 aliphatic rings. The molecular weight excluding hydrogens is 260 g/mol. The fourth-order valence-electron chi connectivity index (χ4n) is 1.21. The van der Waals surface area contributed by atoms with E-state index in [1.807, 2.05) is 0 Å². The molecule has 0 N–H and O–H groups in total. The summed E-state index contributed by atoms with van der Waals surface area (Å²) in [5.41, 5.74) is -0.0795. The van der Waals surface area contributed by atoms with Crippen LogP contribution in [0, 0.1) is 0 Å². The summed E-state index contributed by atoms with van der Waals surface area (Å²) >= 11 is 0. The summed E-state index contributed by atoms with van der Waals surface area (Å²) in [5, 5.41) is 0. The number of benzene rings is 1. The van der Waals surface area contributed by atoms with Gasteiger partial charge in [0.2, 0.25) is 5.75 Å². The van der Waals surface area contributed by atoms with Gasteiger partial charge in [0.1, 0.15) is 6.29 Å². The molecule has 0 amide bonds. The highest BCUT2D eigenvalue weighted by Crippen LogP contribution is 2.40. The monoisotopic (exact) mass is 268 g/mol. The maximum Gasteiger partial charge on any atom is 0.387 e. The molecule has 0 heterocycles. The molecule has 0 aromatic heterocycles. The Hall–Kier alpha value is -1.99. The minimum Gasteiger partial charge on any atom is -0.493 e. The average molecular weight is 268 g/mol. The van der Waals surface area contributed by atoms with E-state index in [4.69, 9.17) is 0 Å². The van der Waals surface area contributed by atoms with Gasteiger partial charge < -0.3 is 14.2 Å². The third-order valence-electron chi connectivity index (χ3n) is 1.82. The Bertz CT molecular complexity index is 423. The molecule has 0 saturated carbocycles. The van der Waals surface area contributed by atoms with Crippen molar-refractivity contribution in [2.45, 2.75) is 13.2 Å². The maximum absolute atomic E-state index is 12.1. The van der Waals surface area contributed by atoms with Gasteiger partial charge in [-0.25, -0.2) is 0 Å². The number of aldehydes is 1. The van der Waals surface area contributed by atoms with Gasteiger partial charge in [0.15, 0.2) is 11.5 Å². The van der Waals surface area contributed by atoms with Gasteiger partial charge in [-0.3, -0.25) is 4.79 Å². The summed E-state index contributed by atoms with van der Waals surface area (Å²) in [6, 6.07) is 1.91. The number of rotatable bonds is 6. The van der Waals surface area contributed by atoms with Gasteiger partial charge in [0, 0.05) is 5.56 Å². The number of carbonyl (C=O) groups is 1. The van der Waals surface area contributed by atoms with Crippen LogP contribution in [0.4, 0.5) is 17.6 Å². The number of methoxy groups -OCH3 is 1. The van der Waals surface area contributed by atoms with Crippen LogP contribution >= 0.6 is 0 Å². The standard InChI is InChI=1S/C10H8F4O4/c1-16-6-2-5(4-15)3-7(17-9(11)12)8(6)18-10(13)14/h2-4,9-10H,1H3. The first-order chi connectivity index (χ1) is 8.47. The number of ether oxygens (including phenoxy) is 3. The van der Waals surface area contributed by atoms with Gasteiger partial charge in [-0.2, -0.15) is 17.6 Å². The second-order valence-electron chi connectivity index (χ2n) is 2.93. The van der Waals surface area contributed by atoms with Crippen molar-refractivity contribution in [2.24, 2.45) is 0 Å². The van der Waals surface area contributed by atoms with Crippen molar-refractivity contribution >= 4 is 6.29 Å². The van der Waals surface area contributed by atoms with Gasteiger partial charge in [-0.05, 0) is 12.1 Å². The number of alkyl halides is 4. The SMILES string of the molecule is COc1cc(C=O)cc(OC(F)F)c1OC(F)F. The molecule has 18 heavy (non-hydrogen) atoms. The number of hydrogen-bond acceptors (Lipinski definition) is 4. The molecular formula is C10H8F4O4. The topological polar surface area (TPSA) is 44.8 Å². The Morgan fingerprint density at radius 3 is 2.06 bits per heavy atom. The first-order valence-corrected chi connectivity index (χ1v) is 4.54. The smallest absolute Gasteiger partial charge is 0.387 e. The van der Waals surface area contributed by atoms with Gasteiger partial charge in [0.25, 0.3) is 0 Å². The number of hydrogen-bond donors (Lipinski definition) is 0. The Labute approximate surface area is 99.1 Å². The van der Waals surface area contributed by atoms with E-state index in [0.717, 1.165) is 19.2 Å². The molecule has 0 spiro atoms. The summed E-state index contributed by atoms with van der Waals surface area (Å²) in [5.74, 6) is -1.71. The molecule has 0 aliphatic heterocycles. The van der Waals surface area contributed by atoms with Crippen LogP contribution < -0.4 is 14.2 Å². The van der Waals surface area contributed by atoms with Crippen molar-refractivity contribution in [1.29, 1.82) is 0 Å². The fourth-order valence-corrected chi connectivity index (χ4v) is 1.21.